The molecule has 2 aromatic rings. The van der Waals surface area contributed by atoms with Crippen molar-refractivity contribution in [2.75, 3.05) is 31.5 Å². The van der Waals surface area contributed by atoms with E-state index in [1.54, 1.807) is 12.1 Å². The van der Waals surface area contributed by atoms with E-state index >= 15 is 0 Å². The van der Waals surface area contributed by atoms with Crippen molar-refractivity contribution in [2.45, 2.75) is 6.54 Å². The second-order valence-corrected chi connectivity index (χ2v) is 7.20. The normalized spacial score (nSPS) is 15.2. The molecular weight excluding hydrogens is 381 g/mol. The van der Waals surface area contributed by atoms with Crippen molar-refractivity contribution in [3.8, 4) is 0 Å². The van der Waals surface area contributed by atoms with E-state index in [1.165, 1.54) is 0 Å². The summed E-state index contributed by atoms with van der Waals surface area (Å²) in [5, 5.41) is 4.61. The Morgan fingerprint density at radius 1 is 0.960 bits per heavy atom. The SMILES string of the molecule is O=C(Nc1cccc(Cl)c1)N1CCN(Cc2ccc(Cl)c(Cl)c2)CC1. The molecule has 7 heteroatoms. The molecule has 0 aromatic heterocycles. The Morgan fingerprint density at radius 3 is 2.40 bits per heavy atom. The van der Waals surface area contributed by atoms with Crippen LogP contribution in [0.3, 0.4) is 0 Å². The van der Waals surface area contributed by atoms with Crippen LogP contribution in [0.4, 0.5) is 10.5 Å². The number of piperazine rings is 1. The highest BCUT2D eigenvalue weighted by molar-refractivity contribution is 6.42. The Hall–Kier alpha value is -1.46. The first-order valence-corrected chi connectivity index (χ1v) is 9.12. The Kier molecular flexibility index (Phi) is 6.07. The van der Waals surface area contributed by atoms with Gasteiger partial charge in [-0.2, -0.15) is 0 Å². The summed E-state index contributed by atoms with van der Waals surface area (Å²) in [5.41, 5.74) is 1.82. The van der Waals surface area contributed by atoms with E-state index < -0.39 is 0 Å². The van der Waals surface area contributed by atoms with Gasteiger partial charge in [-0.1, -0.05) is 46.9 Å². The number of nitrogens with zero attached hydrogens (tertiary/aromatic N) is 2. The Morgan fingerprint density at radius 2 is 1.72 bits per heavy atom. The van der Waals surface area contributed by atoms with Crippen LogP contribution >= 0.6 is 34.8 Å². The van der Waals surface area contributed by atoms with Gasteiger partial charge in [0.05, 0.1) is 10.0 Å². The summed E-state index contributed by atoms with van der Waals surface area (Å²) in [7, 11) is 0. The maximum atomic E-state index is 12.3. The minimum Gasteiger partial charge on any atom is -0.322 e. The number of carbonyl (C=O) groups excluding carboxylic acids is 1. The molecule has 132 valence electrons. The van der Waals surface area contributed by atoms with Gasteiger partial charge in [-0.05, 0) is 35.9 Å². The zero-order valence-electron chi connectivity index (χ0n) is 13.5. The van der Waals surface area contributed by atoms with Gasteiger partial charge in [0, 0.05) is 43.4 Å². The molecule has 1 saturated heterocycles. The standard InChI is InChI=1S/C18H18Cl3N3O/c19-14-2-1-3-15(11-14)22-18(25)24-8-6-23(7-9-24)12-13-4-5-16(20)17(21)10-13/h1-5,10-11H,6-9,12H2,(H,22,25). The van der Waals surface area contributed by atoms with Crippen molar-refractivity contribution in [3.05, 3.63) is 63.1 Å². The smallest absolute Gasteiger partial charge is 0.321 e. The highest BCUT2D eigenvalue weighted by atomic mass is 35.5. The van der Waals surface area contributed by atoms with E-state index in [9.17, 15) is 4.79 Å². The second-order valence-electron chi connectivity index (χ2n) is 5.95. The molecule has 0 spiro atoms. The molecule has 1 N–H and O–H groups in total. The predicted octanol–water partition coefficient (Wildman–Crippen LogP) is 5.00. The fourth-order valence-electron chi connectivity index (χ4n) is 2.77. The topological polar surface area (TPSA) is 35.6 Å². The highest BCUT2D eigenvalue weighted by Crippen LogP contribution is 2.23. The number of anilines is 1. The van der Waals surface area contributed by atoms with Gasteiger partial charge in [0.2, 0.25) is 0 Å². The van der Waals surface area contributed by atoms with Crippen LogP contribution in [0.5, 0.6) is 0 Å². The first kappa shape index (κ1) is 18.3. The molecule has 1 aliphatic heterocycles. The monoisotopic (exact) mass is 397 g/mol. The van der Waals surface area contributed by atoms with Crippen LogP contribution in [0, 0.1) is 0 Å². The number of amides is 2. The number of hydrogen-bond donors (Lipinski definition) is 1. The summed E-state index contributed by atoms with van der Waals surface area (Å²) in [6.45, 7) is 3.76. The quantitative estimate of drug-likeness (QED) is 0.790. The average molecular weight is 399 g/mol. The summed E-state index contributed by atoms with van der Waals surface area (Å²) in [6.07, 6.45) is 0. The summed E-state index contributed by atoms with van der Waals surface area (Å²) >= 11 is 18.0. The lowest BCUT2D eigenvalue weighted by Gasteiger charge is -2.34. The zero-order chi connectivity index (χ0) is 17.8. The molecule has 0 aliphatic carbocycles. The third-order valence-electron chi connectivity index (χ3n) is 4.13. The molecular formula is C18H18Cl3N3O. The van der Waals surface area contributed by atoms with E-state index in [0.29, 0.717) is 33.8 Å². The van der Waals surface area contributed by atoms with Gasteiger partial charge in [-0.15, -0.1) is 0 Å². The average Bonchev–Trinajstić information content (AvgIpc) is 2.59. The van der Waals surface area contributed by atoms with Crippen LogP contribution in [-0.2, 0) is 6.54 Å². The fourth-order valence-corrected chi connectivity index (χ4v) is 3.29. The van der Waals surface area contributed by atoms with Gasteiger partial charge in [-0.3, -0.25) is 4.90 Å². The van der Waals surface area contributed by atoms with E-state index in [0.717, 1.165) is 25.2 Å². The van der Waals surface area contributed by atoms with Crippen molar-refractivity contribution in [2.24, 2.45) is 0 Å². The van der Waals surface area contributed by atoms with Gasteiger partial charge in [0.15, 0.2) is 0 Å². The van der Waals surface area contributed by atoms with Crippen LogP contribution in [-0.4, -0.2) is 42.0 Å². The first-order valence-electron chi connectivity index (χ1n) is 7.99. The number of hydrogen-bond acceptors (Lipinski definition) is 2. The maximum absolute atomic E-state index is 12.3. The van der Waals surface area contributed by atoms with Gasteiger partial charge < -0.3 is 10.2 Å². The molecule has 1 fully saturated rings. The molecule has 4 nitrogen and oxygen atoms in total. The number of carbonyl (C=O) groups is 1. The minimum atomic E-state index is -0.101. The third-order valence-corrected chi connectivity index (χ3v) is 5.10. The number of rotatable bonds is 3. The molecule has 0 saturated carbocycles. The van der Waals surface area contributed by atoms with Crippen LogP contribution in [0.1, 0.15) is 5.56 Å². The molecule has 1 aliphatic rings. The number of urea groups is 1. The lowest BCUT2D eigenvalue weighted by Crippen LogP contribution is -2.49. The van der Waals surface area contributed by atoms with Gasteiger partial charge in [0.1, 0.15) is 0 Å². The number of halogens is 3. The molecule has 0 unspecified atom stereocenters. The first-order chi connectivity index (χ1) is 12.0. The molecule has 0 atom stereocenters. The van der Waals surface area contributed by atoms with E-state index in [1.807, 2.05) is 35.2 Å². The van der Waals surface area contributed by atoms with Crippen LogP contribution < -0.4 is 5.32 Å². The van der Waals surface area contributed by atoms with Crippen molar-refractivity contribution < 1.29 is 4.79 Å². The van der Waals surface area contributed by atoms with Crippen molar-refractivity contribution in [1.29, 1.82) is 0 Å². The van der Waals surface area contributed by atoms with Crippen LogP contribution in [0.15, 0.2) is 42.5 Å². The lowest BCUT2D eigenvalue weighted by molar-refractivity contribution is 0.143. The molecule has 3 rings (SSSR count). The molecule has 25 heavy (non-hydrogen) atoms. The number of nitrogens with one attached hydrogen (secondary N) is 1. The fraction of sp³-hybridized carbons (Fsp3) is 0.278. The lowest BCUT2D eigenvalue weighted by atomic mass is 10.2. The van der Waals surface area contributed by atoms with Gasteiger partial charge in [0.25, 0.3) is 0 Å². The number of benzene rings is 2. The highest BCUT2D eigenvalue weighted by Gasteiger charge is 2.21. The summed E-state index contributed by atoms with van der Waals surface area (Å²) in [4.78, 5) is 16.5. The van der Waals surface area contributed by atoms with Crippen molar-refractivity contribution >= 4 is 46.5 Å². The van der Waals surface area contributed by atoms with E-state index in [4.69, 9.17) is 34.8 Å². The third kappa shape index (κ3) is 5.02. The molecule has 2 aromatic carbocycles. The van der Waals surface area contributed by atoms with Gasteiger partial charge >= 0.3 is 6.03 Å². The zero-order valence-corrected chi connectivity index (χ0v) is 15.8. The molecule has 0 bridgehead atoms. The van der Waals surface area contributed by atoms with Crippen LogP contribution in [0.25, 0.3) is 0 Å². The summed E-state index contributed by atoms with van der Waals surface area (Å²) in [6, 6.07) is 12.7. The maximum Gasteiger partial charge on any atom is 0.321 e. The van der Waals surface area contributed by atoms with Crippen molar-refractivity contribution in [1.82, 2.24) is 9.80 Å². The Balaban J connectivity index is 1.51. The largest absolute Gasteiger partial charge is 0.322 e. The molecule has 1 heterocycles. The van der Waals surface area contributed by atoms with Crippen LogP contribution in [0.2, 0.25) is 15.1 Å². The molecule has 0 radical (unpaired) electrons. The minimum absolute atomic E-state index is 0.101. The van der Waals surface area contributed by atoms with E-state index in [2.05, 4.69) is 10.2 Å². The van der Waals surface area contributed by atoms with Crippen molar-refractivity contribution in [3.63, 3.8) is 0 Å². The second kappa shape index (κ2) is 8.28. The Bertz CT molecular complexity index is 761. The van der Waals surface area contributed by atoms with Gasteiger partial charge in [-0.25, -0.2) is 4.79 Å². The predicted molar refractivity (Wildman–Crippen MR) is 104 cm³/mol. The summed E-state index contributed by atoms with van der Waals surface area (Å²) in [5.74, 6) is 0. The summed E-state index contributed by atoms with van der Waals surface area (Å²) < 4.78 is 0. The molecule has 2 amide bonds. The Labute approximate surface area is 162 Å². The van der Waals surface area contributed by atoms with E-state index in [-0.39, 0.29) is 6.03 Å².